The molecule has 1 fully saturated rings. The molecular formula is C21H23ClN6O3S. The third kappa shape index (κ3) is 4.91. The molecule has 11 heteroatoms. The smallest absolute Gasteiger partial charge is 0.273 e. The minimum Gasteiger partial charge on any atom is -0.356 e. The summed E-state index contributed by atoms with van der Waals surface area (Å²) >= 11 is 7.10. The van der Waals surface area contributed by atoms with Crippen LogP contribution in [0.15, 0.2) is 35.4 Å². The molecule has 4 rings (SSSR count). The van der Waals surface area contributed by atoms with Crippen molar-refractivity contribution in [3.05, 3.63) is 46.0 Å². The summed E-state index contributed by atoms with van der Waals surface area (Å²) in [6.45, 7) is 3.67. The molecule has 0 bridgehead atoms. The molecule has 2 N–H and O–H groups in total. The molecule has 0 aliphatic carbocycles. The number of amides is 2. The first-order chi connectivity index (χ1) is 15.4. The summed E-state index contributed by atoms with van der Waals surface area (Å²) in [7, 11) is 0. The van der Waals surface area contributed by atoms with Gasteiger partial charge in [-0.3, -0.25) is 19.0 Å². The number of nitrogens with zero attached hydrogens (tertiary/aromatic N) is 4. The molecular weight excluding hydrogens is 452 g/mol. The second kappa shape index (κ2) is 9.66. The van der Waals surface area contributed by atoms with E-state index in [4.69, 9.17) is 11.6 Å². The lowest BCUT2D eigenvalue weighted by atomic mass is 9.97. The average Bonchev–Trinajstić information content (AvgIpc) is 3.23. The summed E-state index contributed by atoms with van der Waals surface area (Å²) in [4.78, 5) is 48.3. The first-order valence-corrected chi connectivity index (χ1v) is 11.6. The number of thiazole rings is 1. The van der Waals surface area contributed by atoms with Crippen molar-refractivity contribution in [2.45, 2.75) is 26.3 Å². The van der Waals surface area contributed by atoms with Crippen LogP contribution in [-0.2, 0) is 16.1 Å². The minimum absolute atomic E-state index is 0.0468. The van der Waals surface area contributed by atoms with Gasteiger partial charge < -0.3 is 15.5 Å². The third-order valence-electron chi connectivity index (χ3n) is 5.23. The molecule has 9 nitrogen and oxygen atoms in total. The number of fused-ring (bicyclic) bond motifs is 1. The second-order valence-electron chi connectivity index (χ2n) is 7.56. The lowest BCUT2D eigenvalue weighted by molar-refractivity contribution is -0.125. The SMILES string of the molecule is CCNC(=O)C1CCCN(c2nc3ncn(CC(=O)Nc4ccc(Cl)cc4)c(=O)c3s2)C1. The van der Waals surface area contributed by atoms with Crippen molar-refractivity contribution >= 4 is 55.9 Å². The van der Waals surface area contributed by atoms with Crippen molar-refractivity contribution in [3.8, 4) is 0 Å². The number of piperidine rings is 1. The molecule has 2 aromatic heterocycles. The van der Waals surface area contributed by atoms with Crippen LogP contribution in [0.25, 0.3) is 10.3 Å². The van der Waals surface area contributed by atoms with E-state index in [1.54, 1.807) is 24.3 Å². The molecule has 0 radical (unpaired) electrons. The van der Waals surface area contributed by atoms with E-state index in [1.165, 1.54) is 22.2 Å². The van der Waals surface area contributed by atoms with Crippen molar-refractivity contribution in [1.29, 1.82) is 0 Å². The van der Waals surface area contributed by atoms with Gasteiger partial charge in [0.25, 0.3) is 5.56 Å². The van der Waals surface area contributed by atoms with Gasteiger partial charge in [0.05, 0.1) is 5.92 Å². The van der Waals surface area contributed by atoms with Crippen LogP contribution in [-0.4, -0.2) is 46.0 Å². The van der Waals surface area contributed by atoms with Crippen molar-refractivity contribution in [3.63, 3.8) is 0 Å². The largest absolute Gasteiger partial charge is 0.356 e. The molecule has 1 aromatic carbocycles. The van der Waals surface area contributed by atoms with Gasteiger partial charge in [-0.2, -0.15) is 4.98 Å². The maximum Gasteiger partial charge on any atom is 0.273 e. The summed E-state index contributed by atoms with van der Waals surface area (Å²) in [5, 5.41) is 6.85. The summed E-state index contributed by atoms with van der Waals surface area (Å²) in [5.41, 5.74) is 0.625. The van der Waals surface area contributed by atoms with Gasteiger partial charge in [-0.05, 0) is 44.0 Å². The topological polar surface area (TPSA) is 109 Å². The number of aromatic nitrogens is 3. The van der Waals surface area contributed by atoms with Gasteiger partial charge in [0.2, 0.25) is 11.8 Å². The molecule has 1 aliphatic heterocycles. The molecule has 0 spiro atoms. The van der Waals surface area contributed by atoms with Gasteiger partial charge in [-0.15, -0.1) is 0 Å². The Morgan fingerprint density at radius 3 is 2.81 bits per heavy atom. The molecule has 2 amide bonds. The molecule has 0 saturated carbocycles. The highest BCUT2D eigenvalue weighted by molar-refractivity contribution is 7.22. The summed E-state index contributed by atoms with van der Waals surface area (Å²) < 4.78 is 1.66. The number of carbonyl (C=O) groups excluding carboxylic acids is 2. The molecule has 1 saturated heterocycles. The molecule has 3 aromatic rings. The Bertz CT molecular complexity index is 1190. The number of anilines is 2. The van der Waals surface area contributed by atoms with E-state index < -0.39 is 0 Å². The fraction of sp³-hybridized carbons (Fsp3) is 0.381. The Kier molecular flexibility index (Phi) is 6.71. The van der Waals surface area contributed by atoms with Crippen molar-refractivity contribution in [2.75, 3.05) is 29.9 Å². The maximum atomic E-state index is 12.9. The molecule has 1 atom stereocenters. The lowest BCUT2D eigenvalue weighted by Crippen LogP contribution is -2.43. The van der Waals surface area contributed by atoms with E-state index >= 15 is 0 Å². The Morgan fingerprint density at radius 2 is 2.06 bits per heavy atom. The zero-order valence-electron chi connectivity index (χ0n) is 17.5. The van der Waals surface area contributed by atoms with Crippen LogP contribution in [0.5, 0.6) is 0 Å². The predicted molar refractivity (Wildman–Crippen MR) is 125 cm³/mol. The summed E-state index contributed by atoms with van der Waals surface area (Å²) in [5.74, 6) is -0.400. The van der Waals surface area contributed by atoms with E-state index in [-0.39, 0.29) is 29.8 Å². The fourth-order valence-corrected chi connectivity index (χ4v) is 4.78. The quantitative estimate of drug-likeness (QED) is 0.568. The van der Waals surface area contributed by atoms with E-state index in [0.717, 1.165) is 19.4 Å². The van der Waals surface area contributed by atoms with Crippen molar-refractivity contribution < 1.29 is 9.59 Å². The first kappa shape index (κ1) is 22.2. The molecule has 32 heavy (non-hydrogen) atoms. The van der Waals surface area contributed by atoms with Crippen LogP contribution in [0.2, 0.25) is 5.02 Å². The fourth-order valence-electron chi connectivity index (χ4n) is 3.65. The summed E-state index contributed by atoms with van der Waals surface area (Å²) in [6.07, 6.45) is 3.05. The number of halogens is 1. The van der Waals surface area contributed by atoms with E-state index in [0.29, 0.717) is 39.3 Å². The van der Waals surface area contributed by atoms with Gasteiger partial charge in [0.1, 0.15) is 17.6 Å². The molecule has 1 aliphatic rings. The third-order valence-corrected chi connectivity index (χ3v) is 6.57. The van der Waals surface area contributed by atoms with Crippen LogP contribution in [0.1, 0.15) is 19.8 Å². The van der Waals surface area contributed by atoms with E-state index in [2.05, 4.69) is 20.6 Å². The minimum atomic E-state index is -0.346. The Morgan fingerprint density at radius 1 is 1.28 bits per heavy atom. The van der Waals surface area contributed by atoms with Crippen molar-refractivity contribution in [2.24, 2.45) is 5.92 Å². The Hall–Kier alpha value is -2.98. The van der Waals surface area contributed by atoms with Crippen LogP contribution < -0.4 is 21.1 Å². The first-order valence-electron chi connectivity index (χ1n) is 10.4. The lowest BCUT2D eigenvalue weighted by Gasteiger charge is -2.31. The normalized spacial score (nSPS) is 16.2. The number of carbonyl (C=O) groups is 2. The zero-order chi connectivity index (χ0) is 22.7. The molecule has 168 valence electrons. The maximum absolute atomic E-state index is 12.9. The average molecular weight is 475 g/mol. The van der Waals surface area contributed by atoms with Crippen LogP contribution in [0.4, 0.5) is 10.8 Å². The van der Waals surface area contributed by atoms with Gasteiger partial charge in [0, 0.05) is 30.3 Å². The highest BCUT2D eigenvalue weighted by atomic mass is 35.5. The standard InChI is InChI=1S/C21H23ClN6O3S/c1-2-23-19(30)13-4-3-9-27(10-13)21-26-18-17(32-21)20(31)28(12-24-18)11-16(29)25-15-7-5-14(22)6-8-15/h5-8,12-13H,2-4,9-11H2,1H3,(H,23,30)(H,25,29). The highest BCUT2D eigenvalue weighted by Crippen LogP contribution is 2.29. The van der Waals surface area contributed by atoms with E-state index in [9.17, 15) is 14.4 Å². The Labute approximate surface area is 193 Å². The zero-order valence-corrected chi connectivity index (χ0v) is 19.1. The second-order valence-corrected chi connectivity index (χ2v) is 8.98. The Balaban J connectivity index is 1.49. The summed E-state index contributed by atoms with van der Waals surface area (Å²) in [6, 6.07) is 6.72. The molecule has 1 unspecified atom stereocenters. The van der Waals surface area contributed by atoms with Gasteiger partial charge >= 0.3 is 0 Å². The number of hydrogen-bond donors (Lipinski definition) is 2. The van der Waals surface area contributed by atoms with E-state index in [1.807, 2.05) is 11.8 Å². The number of nitrogens with one attached hydrogen (secondary N) is 2. The monoisotopic (exact) mass is 474 g/mol. The number of benzene rings is 1. The van der Waals surface area contributed by atoms with Crippen LogP contribution in [0.3, 0.4) is 0 Å². The predicted octanol–water partition coefficient (Wildman–Crippen LogP) is 2.50. The number of rotatable bonds is 6. The molecule has 3 heterocycles. The van der Waals surface area contributed by atoms with Gasteiger partial charge in [-0.25, -0.2) is 4.98 Å². The van der Waals surface area contributed by atoms with Crippen LogP contribution in [0, 0.1) is 5.92 Å². The van der Waals surface area contributed by atoms with Gasteiger partial charge in [-0.1, -0.05) is 22.9 Å². The number of hydrogen-bond acceptors (Lipinski definition) is 7. The van der Waals surface area contributed by atoms with Gasteiger partial charge in [0.15, 0.2) is 10.8 Å². The van der Waals surface area contributed by atoms with Crippen LogP contribution >= 0.6 is 22.9 Å². The highest BCUT2D eigenvalue weighted by Gasteiger charge is 2.27. The van der Waals surface area contributed by atoms with Crippen molar-refractivity contribution in [1.82, 2.24) is 19.9 Å².